The van der Waals surface area contributed by atoms with Crippen LogP contribution in [0.5, 0.6) is 0 Å². The second kappa shape index (κ2) is 6.55. The molecule has 2 aromatic rings. The molecule has 116 valence electrons. The molecule has 3 rings (SSSR count). The molecule has 2 nitrogen and oxygen atoms in total. The fraction of sp³-hybridized carbons (Fsp3) is 0.333. The first-order valence-corrected chi connectivity index (χ1v) is 7.53. The Balaban J connectivity index is 1.65. The second-order valence-electron chi connectivity index (χ2n) is 5.92. The third-order valence-electron chi connectivity index (χ3n) is 4.31. The molecule has 0 unspecified atom stereocenters. The fourth-order valence-corrected chi connectivity index (χ4v) is 3.12. The molecule has 0 radical (unpaired) electrons. The summed E-state index contributed by atoms with van der Waals surface area (Å²) in [6.45, 7) is 2.48. The van der Waals surface area contributed by atoms with Crippen molar-refractivity contribution in [2.24, 2.45) is 5.73 Å². The highest BCUT2D eigenvalue weighted by Gasteiger charge is 2.30. The van der Waals surface area contributed by atoms with Gasteiger partial charge in [0, 0.05) is 37.2 Å². The molecule has 2 N–H and O–H groups in total. The van der Waals surface area contributed by atoms with Crippen LogP contribution in [0.1, 0.15) is 29.0 Å². The van der Waals surface area contributed by atoms with E-state index in [2.05, 4.69) is 17.0 Å². The van der Waals surface area contributed by atoms with Crippen molar-refractivity contribution < 1.29 is 8.78 Å². The first-order chi connectivity index (χ1) is 10.6. The van der Waals surface area contributed by atoms with Crippen LogP contribution in [0, 0.1) is 0 Å². The highest BCUT2D eigenvalue weighted by Crippen LogP contribution is 2.27. The van der Waals surface area contributed by atoms with Crippen molar-refractivity contribution >= 4 is 0 Å². The summed E-state index contributed by atoms with van der Waals surface area (Å²) < 4.78 is 25.1. The van der Waals surface area contributed by atoms with E-state index in [4.69, 9.17) is 5.73 Å². The van der Waals surface area contributed by atoms with E-state index >= 15 is 0 Å². The van der Waals surface area contributed by atoms with Crippen LogP contribution >= 0.6 is 0 Å². The molecule has 4 heteroatoms. The molecule has 0 bridgehead atoms. The zero-order valence-electron chi connectivity index (χ0n) is 12.3. The molecular formula is C18H20F2N2. The van der Waals surface area contributed by atoms with E-state index < -0.39 is 6.43 Å². The van der Waals surface area contributed by atoms with Crippen LogP contribution in [0.15, 0.2) is 54.6 Å². The number of likely N-dealkylation sites (tertiary alicyclic amines) is 1. The van der Waals surface area contributed by atoms with Gasteiger partial charge in [0.15, 0.2) is 0 Å². The molecule has 22 heavy (non-hydrogen) atoms. The van der Waals surface area contributed by atoms with E-state index in [1.165, 1.54) is 17.7 Å². The van der Waals surface area contributed by atoms with Crippen molar-refractivity contribution in [3.63, 3.8) is 0 Å². The van der Waals surface area contributed by atoms with E-state index in [1.807, 2.05) is 18.2 Å². The maximum atomic E-state index is 12.6. The van der Waals surface area contributed by atoms with E-state index in [1.54, 1.807) is 12.1 Å². The van der Waals surface area contributed by atoms with Gasteiger partial charge in [-0.15, -0.1) is 0 Å². The monoisotopic (exact) mass is 302 g/mol. The van der Waals surface area contributed by atoms with Gasteiger partial charge in [-0.2, -0.15) is 0 Å². The van der Waals surface area contributed by atoms with E-state index in [0.717, 1.165) is 25.2 Å². The zero-order chi connectivity index (χ0) is 15.5. The normalized spacial score (nSPS) is 22.4. The molecule has 2 aromatic carbocycles. The molecule has 0 aliphatic carbocycles. The lowest BCUT2D eigenvalue weighted by Gasteiger charge is -2.16. The molecule has 1 fully saturated rings. The summed E-state index contributed by atoms with van der Waals surface area (Å²) in [6.07, 6.45) is -2.41. The van der Waals surface area contributed by atoms with Gasteiger partial charge in [0.1, 0.15) is 0 Å². The Kier molecular flexibility index (Phi) is 4.50. The molecular weight excluding hydrogens is 282 g/mol. The summed E-state index contributed by atoms with van der Waals surface area (Å²) in [5, 5.41) is 0. The van der Waals surface area contributed by atoms with E-state index in [-0.39, 0.29) is 11.6 Å². The average Bonchev–Trinajstić information content (AvgIpc) is 2.89. The minimum atomic E-state index is -2.41. The first kappa shape index (κ1) is 15.1. The van der Waals surface area contributed by atoms with Gasteiger partial charge in [-0.25, -0.2) is 8.78 Å². The Labute approximate surface area is 129 Å². The molecule has 1 aliphatic rings. The largest absolute Gasteiger partial charge is 0.326 e. The van der Waals surface area contributed by atoms with Crippen molar-refractivity contribution in [1.29, 1.82) is 0 Å². The molecule has 1 heterocycles. The summed E-state index contributed by atoms with van der Waals surface area (Å²) >= 11 is 0. The SMILES string of the molecule is N[C@@H]1CN(Cc2ccc(C(F)F)cc2)C[C@H]1c1ccccc1. The van der Waals surface area contributed by atoms with E-state index in [0.29, 0.717) is 5.92 Å². The zero-order valence-corrected chi connectivity index (χ0v) is 12.3. The van der Waals surface area contributed by atoms with Gasteiger partial charge < -0.3 is 5.73 Å². The van der Waals surface area contributed by atoms with Crippen molar-refractivity contribution in [2.45, 2.75) is 24.9 Å². The van der Waals surface area contributed by atoms with Crippen LogP contribution in [0.4, 0.5) is 8.78 Å². The predicted molar refractivity (Wildman–Crippen MR) is 83.8 cm³/mol. The van der Waals surface area contributed by atoms with Crippen LogP contribution in [0.3, 0.4) is 0 Å². The molecule has 1 saturated heterocycles. The summed E-state index contributed by atoms with van der Waals surface area (Å²) in [7, 11) is 0. The number of nitrogens with two attached hydrogens (primary N) is 1. The smallest absolute Gasteiger partial charge is 0.263 e. The minimum Gasteiger partial charge on any atom is -0.326 e. The van der Waals surface area contributed by atoms with Gasteiger partial charge in [-0.3, -0.25) is 4.90 Å². The van der Waals surface area contributed by atoms with Gasteiger partial charge in [0.25, 0.3) is 6.43 Å². The highest BCUT2D eigenvalue weighted by molar-refractivity contribution is 5.25. The van der Waals surface area contributed by atoms with Crippen molar-refractivity contribution in [3.05, 3.63) is 71.3 Å². The average molecular weight is 302 g/mol. The van der Waals surface area contributed by atoms with Crippen LogP contribution in [0.2, 0.25) is 0 Å². The number of alkyl halides is 2. The van der Waals surface area contributed by atoms with Gasteiger partial charge in [-0.1, -0.05) is 54.6 Å². The summed E-state index contributed by atoms with van der Waals surface area (Å²) in [6, 6.07) is 17.0. The maximum absolute atomic E-state index is 12.6. The van der Waals surface area contributed by atoms with Crippen LogP contribution in [-0.2, 0) is 6.54 Å². The van der Waals surface area contributed by atoms with Crippen molar-refractivity contribution in [3.8, 4) is 0 Å². The van der Waals surface area contributed by atoms with Crippen molar-refractivity contribution in [2.75, 3.05) is 13.1 Å². The molecule has 0 spiro atoms. The maximum Gasteiger partial charge on any atom is 0.263 e. The third-order valence-corrected chi connectivity index (χ3v) is 4.31. The number of benzene rings is 2. The van der Waals surface area contributed by atoms with Crippen LogP contribution < -0.4 is 5.73 Å². The molecule has 0 saturated carbocycles. The van der Waals surface area contributed by atoms with Crippen LogP contribution in [0.25, 0.3) is 0 Å². The molecule has 0 aromatic heterocycles. The van der Waals surface area contributed by atoms with E-state index in [9.17, 15) is 8.78 Å². The van der Waals surface area contributed by atoms with Gasteiger partial charge in [0.05, 0.1) is 0 Å². The lowest BCUT2D eigenvalue weighted by atomic mass is 9.95. The quantitative estimate of drug-likeness (QED) is 0.936. The predicted octanol–water partition coefficient (Wildman–Crippen LogP) is 3.55. The second-order valence-corrected chi connectivity index (χ2v) is 5.92. The molecule has 1 aliphatic heterocycles. The topological polar surface area (TPSA) is 29.3 Å². The number of hydrogen-bond donors (Lipinski definition) is 1. The minimum absolute atomic E-state index is 0.0732. The summed E-state index contributed by atoms with van der Waals surface area (Å²) in [5.41, 5.74) is 8.67. The number of halogens is 2. The Bertz CT molecular complexity index is 598. The third kappa shape index (κ3) is 3.34. The fourth-order valence-electron chi connectivity index (χ4n) is 3.12. The van der Waals surface area contributed by atoms with Crippen molar-refractivity contribution in [1.82, 2.24) is 4.90 Å². The van der Waals surface area contributed by atoms with Gasteiger partial charge in [0.2, 0.25) is 0 Å². The Morgan fingerprint density at radius 1 is 1.00 bits per heavy atom. The first-order valence-electron chi connectivity index (χ1n) is 7.53. The molecule has 0 amide bonds. The summed E-state index contributed by atoms with van der Waals surface area (Å²) in [5.74, 6) is 0.335. The number of hydrogen-bond acceptors (Lipinski definition) is 2. The lowest BCUT2D eigenvalue weighted by Crippen LogP contribution is -2.28. The highest BCUT2D eigenvalue weighted by atomic mass is 19.3. The van der Waals surface area contributed by atoms with Gasteiger partial charge >= 0.3 is 0 Å². The molecule has 2 atom stereocenters. The Hall–Kier alpha value is -1.78. The Morgan fingerprint density at radius 3 is 2.32 bits per heavy atom. The Morgan fingerprint density at radius 2 is 1.68 bits per heavy atom. The summed E-state index contributed by atoms with van der Waals surface area (Å²) in [4.78, 5) is 2.29. The van der Waals surface area contributed by atoms with Gasteiger partial charge in [-0.05, 0) is 11.1 Å². The number of nitrogens with zero attached hydrogens (tertiary/aromatic N) is 1. The number of rotatable bonds is 4. The van der Waals surface area contributed by atoms with Crippen LogP contribution in [-0.4, -0.2) is 24.0 Å². The standard InChI is InChI=1S/C18H20F2N2/c19-18(20)15-8-6-13(7-9-15)10-22-11-16(17(21)12-22)14-4-2-1-3-5-14/h1-9,16-18H,10-12,21H2/t16-,17+/m0/s1. The lowest BCUT2D eigenvalue weighted by molar-refractivity contribution is 0.151.